The molecule has 0 saturated heterocycles. The third-order valence-electron chi connectivity index (χ3n) is 4.03. The highest BCUT2D eigenvalue weighted by Crippen LogP contribution is 2.30. The van der Waals surface area contributed by atoms with E-state index in [9.17, 15) is 0 Å². The molecule has 0 spiro atoms. The summed E-state index contributed by atoms with van der Waals surface area (Å²) in [6, 6.07) is 6.15. The van der Waals surface area contributed by atoms with Gasteiger partial charge >= 0.3 is 0 Å². The van der Waals surface area contributed by atoms with Crippen molar-refractivity contribution < 1.29 is 0 Å². The van der Waals surface area contributed by atoms with Gasteiger partial charge in [-0.05, 0) is 49.8 Å². The molecule has 1 aromatic rings. The second-order valence-electron chi connectivity index (χ2n) is 5.32. The Labute approximate surface area is 125 Å². The number of hydrogen-bond acceptors (Lipinski definition) is 2. The van der Waals surface area contributed by atoms with E-state index in [1.807, 2.05) is 18.2 Å². The fourth-order valence-electron chi connectivity index (χ4n) is 2.79. The normalized spacial score (nSPS) is 23.1. The van der Waals surface area contributed by atoms with Crippen molar-refractivity contribution in [3.63, 3.8) is 0 Å². The largest absolute Gasteiger partial charge is 0.389 e. The van der Waals surface area contributed by atoms with Crippen molar-refractivity contribution in [2.45, 2.75) is 45.1 Å². The third kappa shape index (κ3) is 3.83. The molecule has 2 nitrogen and oxygen atoms in total. The van der Waals surface area contributed by atoms with E-state index in [1.54, 1.807) is 0 Å². The Morgan fingerprint density at radius 2 is 2.05 bits per heavy atom. The molecule has 1 aromatic carbocycles. The van der Waals surface area contributed by atoms with Gasteiger partial charge in [0.2, 0.25) is 0 Å². The molecule has 104 valence electrons. The Morgan fingerprint density at radius 1 is 1.37 bits per heavy atom. The molecule has 1 aliphatic carbocycles. The Hall–Kier alpha value is -0.800. The number of nitrogens with two attached hydrogens (primary N) is 1. The van der Waals surface area contributed by atoms with Crippen LogP contribution in [0.2, 0.25) is 5.02 Å². The summed E-state index contributed by atoms with van der Waals surface area (Å²) in [5.74, 6) is 0.896. The Morgan fingerprint density at radius 3 is 2.63 bits per heavy atom. The van der Waals surface area contributed by atoms with Crippen LogP contribution in [0.25, 0.3) is 0 Å². The standard InChI is InChI=1S/C15H21ClN2S/c1-2-10-3-6-12(7-4-10)18-14-9-11(16)5-8-13(14)15(17)19/h5,8-10,12,18H,2-4,6-7H2,1H3,(H2,17,19). The molecular weight excluding hydrogens is 276 g/mol. The van der Waals surface area contributed by atoms with Gasteiger partial charge in [-0.3, -0.25) is 0 Å². The van der Waals surface area contributed by atoms with Gasteiger partial charge in [0, 0.05) is 22.3 Å². The van der Waals surface area contributed by atoms with Crippen LogP contribution in [0.3, 0.4) is 0 Å². The average Bonchev–Trinajstić information content (AvgIpc) is 2.39. The lowest BCUT2D eigenvalue weighted by molar-refractivity contribution is 0.330. The molecule has 0 heterocycles. The van der Waals surface area contributed by atoms with E-state index >= 15 is 0 Å². The summed E-state index contributed by atoms with van der Waals surface area (Å²) in [6.07, 6.45) is 6.32. The SMILES string of the molecule is CCC1CCC(Nc2cc(Cl)ccc2C(N)=S)CC1. The Balaban J connectivity index is 2.06. The molecule has 0 unspecified atom stereocenters. The average molecular weight is 297 g/mol. The molecule has 1 aliphatic rings. The van der Waals surface area contributed by atoms with Crippen molar-refractivity contribution in [1.29, 1.82) is 0 Å². The predicted octanol–water partition coefficient (Wildman–Crippen LogP) is 4.35. The topological polar surface area (TPSA) is 38.0 Å². The molecule has 0 atom stereocenters. The first-order valence-electron chi connectivity index (χ1n) is 6.96. The van der Waals surface area contributed by atoms with Crippen LogP contribution in [0.15, 0.2) is 18.2 Å². The number of benzene rings is 1. The van der Waals surface area contributed by atoms with E-state index in [0.717, 1.165) is 17.2 Å². The maximum absolute atomic E-state index is 6.06. The van der Waals surface area contributed by atoms with Crippen LogP contribution in [-0.4, -0.2) is 11.0 Å². The van der Waals surface area contributed by atoms with Crippen molar-refractivity contribution in [3.8, 4) is 0 Å². The molecule has 0 bridgehead atoms. The first-order valence-corrected chi connectivity index (χ1v) is 7.74. The molecule has 0 amide bonds. The Bertz CT molecular complexity index is 453. The molecule has 19 heavy (non-hydrogen) atoms. The summed E-state index contributed by atoms with van der Waals surface area (Å²) in [5.41, 5.74) is 7.62. The summed E-state index contributed by atoms with van der Waals surface area (Å²) in [7, 11) is 0. The molecule has 1 fully saturated rings. The molecule has 0 aliphatic heterocycles. The van der Waals surface area contributed by atoms with Crippen molar-refractivity contribution in [2.75, 3.05) is 5.32 Å². The van der Waals surface area contributed by atoms with Crippen LogP contribution in [0.5, 0.6) is 0 Å². The molecule has 4 heteroatoms. The van der Waals surface area contributed by atoms with Gasteiger partial charge < -0.3 is 11.1 Å². The van der Waals surface area contributed by atoms with Crippen LogP contribution in [0, 0.1) is 5.92 Å². The smallest absolute Gasteiger partial charge is 0.106 e. The first kappa shape index (κ1) is 14.6. The first-order chi connectivity index (χ1) is 9.10. The van der Waals surface area contributed by atoms with Gasteiger partial charge in [-0.25, -0.2) is 0 Å². The van der Waals surface area contributed by atoms with Gasteiger partial charge in [-0.2, -0.15) is 0 Å². The zero-order valence-corrected chi connectivity index (χ0v) is 12.9. The third-order valence-corrected chi connectivity index (χ3v) is 4.49. The van der Waals surface area contributed by atoms with E-state index in [-0.39, 0.29) is 0 Å². The minimum absolute atomic E-state index is 0.418. The predicted molar refractivity (Wildman–Crippen MR) is 87.0 cm³/mol. The fraction of sp³-hybridized carbons (Fsp3) is 0.533. The zero-order chi connectivity index (χ0) is 13.8. The fourth-order valence-corrected chi connectivity index (χ4v) is 3.14. The minimum Gasteiger partial charge on any atom is -0.389 e. The number of nitrogens with one attached hydrogen (secondary N) is 1. The van der Waals surface area contributed by atoms with Gasteiger partial charge in [-0.1, -0.05) is 37.2 Å². The second-order valence-corrected chi connectivity index (χ2v) is 6.20. The van der Waals surface area contributed by atoms with Gasteiger partial charge in [0.05, 0.1) is 0 Å². The summed E-state index contributed by atoms with van der Waals surface area (Å²) in [6.45, 7) is 2.28. The number of rotatable bonds is 4. The van der Waals surface area contributed by atoms with Gasteiger partial charge in [0.25, 0.3) is 0 Å². The second kappa shape index (κ2) is 6.58. The maximum atomic E-state index is 6.06. The van der Waals surface area contributed by atoms with E-state index in [1.165, 1.54) is 32.1 Å². The molecular formula is C15H21ClN2S. The van der Waals surface area contributed by atoms with Crippen LogP contribution in [0.4, 0.5) is 5.69 Å². The van der Waals surface area contributed by atoms with E-state index in [2.05, 4.69) is 12.2 Å². The highest BCUT2D eigenvalue weighted by molar-refractivity contribution is 7.80. The Kier molecular flexibility index (Phi) is 5.06. The zero-order valence-electron chi connectivity index (χ0n) is 11.3. The van der Waals surface area contributed by atoms with Gasteiger partial charge in [0.15, 0.2) is 0 Å². The van der Waals surface area contributed by atoms with Gasteiger partial charge in [0.1, 0.15) is 4.99 Å². The van der Waals surface area contributed by atoms with Crippen LogP contribution >= 0.6 is 23.8 Å². The monoisotopic (exact) mass is 296 g/mol. The molecule has 0 aromatic heterocycles. The van der Waals surface area contributed by atoms with Crippen molar-refractivity contribution in [3.05, 3.63) is 28.8 Å². The highest BCUT2D eigenvalue weighted by atomic mass is 35.5. The van der Waals surface area contributed by atoms with E-state index in [0.29, 0.717) is 16.1 Å². The summed E-state index contributed by atoms with van der Waals surface area (Å²) in [4.78, 5) is 0.418. The number of hydrogen-bond donors (Lipinski definition) is 2. The maximum Gasteiger partial charge on any atom is 0.106 e. The molecule has 3 N–H and O–H groups in total. The lowest BCUT2D eigenvalue weighted by atomic mass is 9.84. The summed E-state index contributed by atoms with van der Waals surface area (Å²) in [5, 5.41) is 4.28. The van der Waals surface area contributed by atoms with E-state index in [4.69, 9.17) is 29.6 Å². The van der Waals surface area contributed by atoms with Crippen LogP contribution < -0.4 is 11.1 Å². The number of anilines is 1. The molecule has 0 radical (unpaired) electrons. The van der Waals surface area contributed by atoms with Gasteiger partial charge in [-0.15, -0.1) is 0 Å². The van der Waals surface area contributed by atoms with Crippen molar-refractivity contribution in [1.82, 2.24) is 0 Å². The molecule has 2 rings (SSSR count). The van der Waals surface area contributed by atoms with Crippen molar-refractivity contribution >= 4 is 34.5 Å². The minimum atomic E-state index is 0.418. The highest BCUT2D eigenvalue weighted by Gasteiger charge is 2.20. The lowest BCUT2D eigenvalue weighted by Gasteiger charge is -2.29. The lowest BCUT2D eigenvalue weighted by Crippen LogP contribution is -2.27. The summed E-state index contributed by atoms with van der Waals surface area (Å²) >= 11 is 11.2. The van der Waals surface area contributed by atoms with Crippen LogP contribution in [-0.2, 0) is 0 Å². The summed E-state index contributed by atoms with van der Waals surface area (Å²) < 4.78 is 0. The number of halogens is 1. The van der Waals surface area contributed by atoms with Crippen molar-refractivity contribution in [2.24, 2.45) is 11.7 Å². The number of thiocarbonyl (C=S) groups is 1. The van der Waals surface area contributed by atoms with Crippen LogP contribution in [0.1, 0.15) is 44.6 Å². The molecule has 1 saturated carbocycles. The van der Waals surface area contributed by atoms with E-state index < -0.39 is 0 Å². The quantitative estimate of drug-likeness (QED) is 0.811.